The van der Waals surface area contributed by atoms with Crippen molar-refractivity contribution in [2.45, 2.75) is 68.6 Å². The van der Waals surface area contributed by atoms with E-state index in [1.165, 1.54) is 42.8 Å². The largest absolute Gasteiger partial charge is 0.352 e. The van der Waals surface area contributed by atoms with Crippen LogP contribution in [0, 0.1) is 19.8 Å². The van der Waals surface area contributed by atoms with Crippen molar-refractivity contribution in [3.05, 3.63) is 53.6 Å². The minimum Gasteiger partial charge on any atom is -0.352 e. The third-order valence-electron chi connectivity index (χ3n) is 5.80. The molecule has 2 heterocycles. The van der Waals surface area contributed by atoms with Crippen LogP contribution in [-0.4, -0.2) is 42.4 Å². The first-order chi connectivity index (χ1) is 16.0. The summed E-state index contributed by atoms with van der Waals surface area (Å²) in [6.45, 7) is 6.17. The molecule has 0 aliphatic heterocycles. The molecule has 2 aromatic heterocycles. The van der Waals surface area contributed by atoms with Crippen molar-refractivity contribution < 1.29 is 4.79 Å². The second-order valence-corrected chi connectivity index (χ2v) is 10.4. The number of aryl methyl sites for hydroxylation is 2. The van der Waals surface area contributed by atoms with E-state index in [-0.39, 0.29) is 11.9 Å². The number of hydrogen-bond donors (Lipinski definition) is 1. The van der Waals surface area contributed by atoms with E-state index in [1.807, 2.05) is 54.8 Å². The first-order valence-electron chi connectivity index (χ1n) is 11.4. The molecule has 7 nitrogen and oxygen atoms in total. The number of para-hydroxylation sites is 1. The number of aromatic nitrogens is 5. The van der Waals surface area contributed by atoms with Crippen LogP contribution in [0.2, 0.25) is 0 Å². The molecule has 0 spiro atoms. The molecule has 2 unspecified atom stereocenters. The maximum atomic E-state index is 12.6. The lowest BCUT2D eigenvalue weighted by Crippen LogP contribution is -2.41. The van der Waals surface area contributed by atoms with Gasteiger partial charge in [0.05, 0.1) is 11.5 Å². The predicted molar refractivity (Wildman–Crippen MR) is 133 cm³/mol. The summed E-state index contributed by atoms with van der Waals surface area (Å²) in [6, 6.07) is 12.3. The Morgan fingerprint density at radius 1 is 1.06 bits per heavy atom. The predicted octanol–water partition coefficient (Wildman–Crippen LogP) is 4.75. The van der Waals surface area contributed by atoms with Crippen LogP contribution in [0.15, 0.2) is 46.7 Å². The number of rotatable bonds is 8. The molecule has 1 N–H and O–H groups in total. The van der Waals surface area contributed by atoms with E-state index < -0.39 is 0 Å². The van der Waals surface area contributed by atoms with Crippen LogP contribution in [0.4, 0.5) is 0 Å². The maximum absolute atomic E-state index is 12.6. The average Bonchev–Trinajstić information content (AvgIpc) is 3.21. The number of carbonyl (C=O) groups excluding carboxylic acids is 1. The summed E-state index contributed by atoms with van der Waals surface area (Å²) in [5.74, 6) is 2.30. The third kappa shape index (κ3) is 6.35. The Labute approximate surface area is 203 Å². The lowest BCUT2D eigenvalue weighted by atomic mass is 9.86. The molecule has 9 heteroatoms. The molecule has 1 saturated carbocycles. The normalized spacial score (nSPS) is 18.3. The Balaban J connectivity index is 1.47. The second kappa shape index (κ2) is 11.2. The summed E-state index contributed by atoms with van der Waals surface area (Å²) in [4.78, 5) is 21.7. The van der Waals surface area contributed by atoms with Crippen LogP contribution in [0.1, 0.15) is 49.8 Å². The Hall–Kier alpha value is -2.39. The van der Waals surface area contributed by atoms with Crippen molar-refractivity contribution in [2.75, 3.05) is 5.75 Å². The van der Waals surface area contributed by atoms with Crippen molar-refractivity contribution in [1.82, 2.24) is 30.0 Å². The average molecular weight is 483 g/mol. The van der Waals surface area contributed by atoms with E-state index >= 15 is 0 Å². The highest BCUT2D eigenvalue weighted by molar-refractivity contribution is 7.99. The maximum Gasteiger partial charge on any atom is 0.230 e. The molecule has 3 aromatic rings. The lowest BCUT2D eigenvalue weighted by molar-refractivity contribution is -0.119. The van der Waals surface area contributed by atoms with Crippen molar-refractivity contribution in [2.24, 2.45) is 5.92 Å². The molecule has 1 aliphatic rings. The molecule has 0 bridgehead atoms. The van der Waals surface area contributed by atoms with Crippen molar-refractivity contribution in [3.63, 3.8) is 0 Å². The molecule has 2 atom stereocenters. The molecule has 33 heavy (non-hydrogen) atoms. The SMILES string of the molecule is Cc1cc(C)nc(SCc2nnc(SCC(=O)NC3CCCCC3C)n2-c2ccccc2)n1. The monoisotopic (exact) mass is 482 g/mol. The zero-order valence-corrected chi connectivity index (χ0v) is 21.0. The molecule has 174 valence electrons. The number of nitrogens with one attached hydrogen (secondary N) is 1. The second-order valence-electron chi connectivity index (χ2n) is 8.52. The first kappa shape index (κ1) is 23.8. The van der Waals surface area contributed by atoms with Gasteiger partial charge in [-0.2, -0.15) is 0 Å². The van der Waals surface area contributed by atoms with Gasteiger partial charge in [-0.15, -0.1) is 10.2 Å². The fourth-order valence-electron chi connectivity index (χ4n) is 4.12. The summed E-state index contributed by atoms with van der Waals surface area (Å²) in [7, 11) is 0. The number of amides is 1. The molecular weight excluding hydrogens is 452 g/mol. The van der Waals surface area contributed by atoms with Crippen molar-refractivity contribution in [3.8, 4) is 5.69 Å². The summed E-state index contributed by atoms with van der Waals surface area (Å²) >= 11 is 2.96. The van der Waals surface area contributed by atoms with Crippen LogP contribution in [-0.2, 0) is 10.5 Å². The molecule has 4 rings (SSSR count). The number of benzene rings is 1. The Kier molecular flexibility index (Phi) is 8.03. The molecule has 1 aliphatic carbocycles. The smallest absolute Gasteiger partial charge is 0.230 e. The quantitative estimate of drug-likeness (QED) is 0.366. The van der Waals surface area contributed by atoms with Crippen LogP contribution >= 0.6 is 23.5 Å². The molecule has 0 saturated heterocycles. The molecular formula is C24H30N6OS2. The van der Waals surface area contributed by atoms with Crippen LogP contribution in [0.5, 0.6) is 0 Å². The first-order valence-corrected chi connectivity index (χ1v) is 13.3. The topological polar surface area (TPSA) is 85.6 Å². The number of nitrogens with zero attached hydrogens (tertiary/aromatic N) is 5. The Morgan fingerprint density at radius 2 is 1.79 bits per heavy atom. The Morgan fingerprint density at radius 3 is 2.52 bits per heavy atom. The zero-order chi connectivity index (χ0) is 23.2. The fraction of sp³-hybridized carbons (Fsp3) is 0.458. The van der Waals surface area contributed by atoms with E-state index in [0.29, 0.717) is 22.6 Å². The van der Waals surface area contributed by atoms with Gasteiger partial charge in [0.2, 0.25) is 5.91 Å². The van der Waals surface area contributed by atoms with Gasteiger partial charge >= 0.3 is 0 Å². The van der Waals surface area contributed by atoms with Crippen molar-refractivity contribution >= 4 is 29.4 Å². The highest BCUT2D eigenvalue weighted by Gasteiger charge is 2.23. The van der Waals surface area contributed by atoms with Crippen molar-refractivity contribution in [1.29, 1.82) is 0 Å². The van der Waals surface area contributed by atoms with Crippen LogP contribution in [0.3, 0.4) is 0 Å². The number of hydrogen-bond acceptors (Lipinski definition) is 7. The van der Waals surface area contributed by atoms with Crippen LogP contribution in [0.25, 0.3) is 5.69 Å². The van der Waals surface area contributed by atoms with E-state index in [1.54, 1.807) is 0 Å². The number of thioether (sulfide) groups is 2. The molecule has 1 amide bonds. The summed E-state index contributed by atoms with van der Waals surface area (Å²) in [5, 5.41) is 13.5. The molecule has 1 fully saturated rings. The minimum absolute atomic E-state index is 0.0564. The van der Waals surface area contributed by atoms with E-state index in [0.717, 1.165) is 34.5 Å². The van der Waals surface area contributed by atoms with E-state index in [4.69, 9.17) is 0 Å². The van der Waals surface area contributed by atoms with Gasteiger partial charge < -0.3 is 5.32 Å². The number of carbonyl (C=O) groups is 1. The lowest BCUT2D eigenvalue weighted by Gasteiger charge is -2.29. The Bertz CT molecular complexity index is 1070. The van der Waals surface area contributed by atoms with Crippen LogP contribution < -0.4 is 5.32 Å². The highest BCUT2D eigenvalue weighted by atomic mass is 32.2. The fourth-order valence-corrected chi connectivity index (χ4v) is 5.76. The van der Waals surface area contributed by atoms with Gasteiger partial charge in [-0.25, -0.2) is 9.97 Å². The standard InChI is InChI=1S/C24H30N6OS2/c1-16-9-7-8-12-20(16)27-22(31)15-33-24-29-28-21(30(24)19-10-5-4-6-11-19)14-32-23-25-17(2)13-18(3)26-23/h4-6,10-11,13,16,20H,7-9,12,14-15H2,1-3H3,(H,27,31). The summed E-state index contributed by atoms with van der Waals surface area (Å²) in [6.07, 6.45) is 4.71. The zero-order valence-electron chi connectivity index (χ0n) is 19.3. The molecule has 0 radical (unpaired) electrons. The minimum atomic E-state index is 0.0564. The van der Waals surface area contributed by atoms with Gasteiger partial charge in [-0.05, 0) is 50.8 Å². The third-order valence-corrected chi connectivity index (χ3v) is 7.57. The van der Waals surface area contributed by atoms with E-state index in [2.05, 4.69) is 32.4 Å². The van der Waals surface area contributed by atoms with Gasteiger partial charge in [0, 0.05) is 23.1 Å². The van der Waals surface area contributed by atoms with Gasteiger partial charge in [0.1, 0.15) is 5.82 Å². The van der Waals surface area contributed by atoms with Gasteiger partial charge in [-0.3, -0.25) is 9.36 Å². The van der Waals surface area contributed by atoms with Gasteiger partial charge in [-0.1, -0.05) is 61.5 Å². The summed E-state index contributed by atoms with van der Waals surface area (Å²) < 4.78 is 2.02. The van der Waals surface area contributed by atoms with Gasteiger partial charge in [0.25, 0.3) is 0 Å². The highest BCUT2D eigenvalue weighted by Crippen LogP contribution is 2.27. The van der Waals surface area contributed by atoms with Gasteiger partial charge in [0.15, 0.2) is 10.3 Å². The summed E-state index contributed by atoms with van der Waals surface area (Å²) in [5.41, 5.74) is 2.87. The molecule has 1 aromatic carbocycles. The van der Waals surface area contributed by atoms with E-state index in [9.17, 15) is 4.79 Å².